The molecule has 20 nitrogen and oxygen atoms in total. The van der Waals surface area contributed by atoms with Crippen LogP contribution in [0, 0.1) is 22.3 Å². The van der Waals surface area contributed by atoms with E-state index in [1.807, 2.05) is 82.2 Å². The van der Waals surface area contributed by atoms with Gasteiger partial charge in [0.15, 0.2) is 45.8 Å². The van der Waals surface area contributed by atoms with Crippen LogP contribution in [0.4, 0.5) is 5.69 Å². The van der Waals surface area contributed by atoms with Crippen molar-refractivity contribution in [3.05, 3.63) is 142 Å². The molecule has 5 heterocycles. The maximum atomic E-state index is 13.6. The van der Waals surface area contributed by atoms with Gasteiger partial charge < -0.3 is 59.2 Å². The Balaban J connectivity index is 0.720. The fraction of sp³-hybridized carbons (Fsp3) is 0.339. The monoisotopic (exact) mass is 1040 g/mol. The van der Waals surface area contributed by atoms with Gasteiger partial charge in [0.2, 0.25) is 30.2 Å². The SMILES string of the molecule is COc1ccc(C2=CC=C3C(C2)Cn2cc(OCCCOc4cn5c(c4OC)C=[N+]([O-])C4=CC=C(c6ccc(NC(=O)CNC(=O)CNC(=O)CCCCCN7C(=O)C=CC7=O)cc6)CC4C5)c(OC)c2C=[N+]3[O-])cc1. The number of aromatic nitrogens is 2. The third-order valence-electron chi connectivity index (χ3n) is 13.9. The standard InChI is InChI=1S/C56H60N8O12/c1-72-43-17-11-37(12-18-43)39-14-20-45-41(27-39)31-61-35-49(56(74-3)47(61)33-64(45)71)76-25-7-24-75-48-34-60-30-40-26-38(13-19-44(40)63(70)32-46(60)55(48)73-2)36-9-15-42(16-10-36)59-52(67)29-58-51(66)28-57-50(65)8-5-4-6-23-62-53(68)21-22-54(62)69/h9-22,32-35,40-41H,4-8,23-31H2,1-3H3,(H,57,65)(H,58,66)(H,59,67). The van der Waals surface area contributed by atoms with Crippen molar-refractivity contribution in [2.24, 2.45) is 11.8 Å². The molecule has 9 rings (SSSR count). The molecular weight excluding hydrogens is 977 g/mol. The number of carbonyl (C=O) groups is 5. The number of benzene rings is 2. The molecule has 4 aromatic rings. The highest BCUT2D eigenvalue weighted by atomic mass is 16.5. The highest BCUT2D eigenvalue weighted by Gasteiger charge is 2.35. The lowest BCUT2D eigenvalue weighted by Gasteiger charge is -2.22. The molecule has 0 saturated heterocycles. The van der Waals surface area contributed by atoms with E-state index in [-0.39, 0.29) is 49.1 Å². The molecule has 0 saturated carbocycles. The van der Waals surface area contributed by atoms with Crippen molar-refractivity contribution in [1.29, 1.82) is 0 Å². The minimum absolute atomic E-state index is 0.0634. The summed E-state index contributed by atoms with van der Waals surface area (Å²) >= 11 is 0. The van der Waals surface area contributed by atoms with E-state index in [1.54, 1.807) is 39.7 Å². The fourth-order valence-electron chi connectivity index (χ4n) is 9.95. The number of allylic oxidation sites excluding steroid dienone is 8. The first-order valence-electron chi connectivity index (χ1n) is 25.2. The van der Waals surface area contributed by atoms with E-state index >= 15 is 0 Å². The number of nitrogens with one attached hydrogen (secondary N) is 3. The molecule has 2 aromatic carbocycles. The summed E-state index contributed by atoms with van der Waals surface area (Å²) in [5.41, 5.74) is 7.18. The third-order valence-corrected chi connectivity index (χ3v) is 13.9. The van der Waals surface area contributed by atoms with Gasteiger partial charge in [0.05, 0.1) is 71.9 Å². The minimum atomic E-state index is -0.518. The van der Waals surface area contributed by atoms with Crippen molar-refractivity contribution in [2.45, 2.75) is 58.0 Å². The number of amides is 5. The highest BCUT2D eigenvalue weighted by Crippen LogP contribution is 2.41. The molecule has 20 heteroatoms. The summed E-state index contributed by atoms with van der Waals surface area (Å²) in [5, 5.41) is 34.8. The Morgan fingerprint density at radius 2 is 1.13 bits per heavy atom. The number of imide groups is 1. The van der Waals surface area contributed by atoms with Gasteiger partial charge in [-0.1, -0.05) is 42.8 Å². The number of hydrogen-bond donors (Lipinski definition) is 3. The second kappa shape index (κ2) is 23.6. The smallest absolute Gasteiger partial charge is 0.253 e. The fourth-order valence-corrected chi connectivity index (χ4v) is 9.95. The van der Waals surface area contributed by atoms with Gasteiger partial charge in [0.25, 0.3) is 11.8 Å². The van der Waals surface area contributed by atoms with Crippen LogP contribution in [0.3, 0.4) is 0 Å². The van der Waals surface area contributed by atoms with Gasteiger partial charge in [-0.05, 0) is 72.2 Å². The Morgan fingerprint density at radius 1 is 0.618 bits per heavy atom. The number of nitrogens with zero attached hydrogens (tertiary/aromatic N) is 5. The van der Waals surface area contributed by atoms with Crippen LogP contribution < -0.4 is 39.6 Å². The van der Waals surface area contributed by atoms with E-state index in [0.717, 1.165) is 42.4 Å². The first-order chi connectivity index (χ1) is 36.9. The van der Waals surface area contributed by atoms with Gasteiger partial charge in [0, 0.05) is 62.5 Å². The summed E-state index contributed by atoms with van der Waals surface area (Å²) < 4.78 is 35.2. The number of carbonyl (C=O) groups excluding carboxylic acids is 5. The number of hydroxylamine groups is 2. The van der Waals surface area contributed by atoms with Crippen molar-refractivity contribution in [2.75, 3.05) is 59.5 Å². The molecule has 3 N–H and O–H groups in total. The predicted molar refractivity (Wildman–Crippen MR) is 282 cm³/mol. The largest absolute Gasteiger partial charge is 0.618 e. The number of hydrogen-bond acceptors (Lipinski definition) is 12. The van der Waals surface area contributed by atoms with E-state index in [1.165, 1.54) is 18.4 Å². The van der Waals surface area contributed by atoms with Gasteiger partial charge in [0.1, 0.15) is 5.75 Å². The zero-order chi connectivity index (χ0) is 53.3. The van der Waals surface area contributed by atoms with Crippen LogP contribution in [0.2, 0.25) is 0 Å². The number of methoxy groups -OCH3 is 3. The van der Waals surface area contributed by atoms with E-state index in [4.69, 9.17) is 23.7 Å². The zero-order valence-electron chi connectivity index (χ0n) is 42.6. The molecule has 0 radical (unpaired) electrons. The van der Waals surface area contributed by atoms with E-state index < -0.39 is 11.8 Å². The van der Waals surface area contributed by atoms with Crippen LogP contribution in [0.25, 0.3) is 11.1 Å². The predicted octanol–water partition coefficient (Wildman–Crippen LogP) is 5.68. The summed E-state index contributed by atoms with van der Waals surface area (Å²) in [7, 11) is 4.74. The Morgan fingerprint density at radius 3 is 1.66 bits per heavy atom. The van der Waals surface area contributed by atoms with E-state index in [2.05, 4.69) is 16.0 Å². The second-order valence-electron chi connectivity index (χ2n) is 18.8. The molecule has 2 unspecified atom stereocenters. The Bertz CT molecular complexity index is 3100. The number of unbranched alkanes of at least 4 members (excludes halogenated alkanes) is 2. The lowest BCUT2D eigenvalue weighted by Crippen LogP contribution is -2.40. The summed E-state index contributed by atoms with van der Waals surface area (Å²) in [6.07, 6.45) is 20.6. The number of rotatable bonds is 22. The van der Waals surface area contributed by atoms with Gasteiger partial charge in [-0.25, -0.2) is 0 Å². The molecule has 3 aliphatic heterocycles. The summed E-state index contributed by atoms with van der Waals surface area (Å²) in [5.74, 6) is 0.543. The van der Waals surface area contributed by atoms with Crippen LogP contribution >= 0.6 is 0 Å². The van der Waals surface area contributed by atoms with Crippen LogP contribution in [0.1, 0.15) is 67.5 Å². The molecular formula is C56H60N8O12. The molecule has 2 aliphatic carbocycles. The van der Waals surface area contributed by atoms with Crippen molar-refractivity contribution in [3.63, 3.8) is 0 Å². The lowest BCUT2D eigenvalue weighted by molar-refractivity contribution is -0.404. The Hall–Kier alpha value is -8.81. The quantitative estimate of drug-likeness (QED) is 0.0374. The molecule has 2 atom stereocenters. The van der Waals surface area contributed by atoms with Gasteiger partial charge >= 0.3 is 0 Å². The van der Waals surface area contributed by atoms with Crippen molar-refractivity contribution in [1.82, 2.24) is 24.7 Å². The zero-order valence-corrected chi connectivity index (χ0v) is 42.6. The molecule has 5 aliphatic rings. The van der Waals surface area contributed by atoms with Crippen LogP contribution in [-0.4, -0.2) is 120 Å². The first kappa shape index (κ1) is 52.1. The number of ether oxygens (including phenoxy) is 5. The van der Waals surface area contributed by atoms with Crippen molar-refractivity contribution in [3.8, 4) is 28.7 Å². The molecule has 2 aromatic heterocycles. The van der Waals surface area contributed by atoms with Crippen LogP contribution in [0.15, 0.2) is 109 Å². The Labute approximate surface area is 439 Å². The topological polar surface area (TPSA) is 233 Å². The average molecular weight is 1040 g/mol. The Kier molecular flexibility index (Phi) is 16.2. The molecule has 0 fully saturated rings. The van der Waals surface area contributed by atoms with Gasteiger partial charge in [-0.3, -0.25) is 28.9 Å². The maximum Gasteiger partial charge on any atom is 0.253 e. The van der Waals surface area contributed by atoms with E-state index in [0.29, 0.717) is 123 Å². The van der Waals surface area contributed by atoms with Crippen molar-refractivity contribution < 1.29 is 57.1 Å². The maximum absolute atomic E-state index is 13.6. The average Bonchev–Trinajstić information content (AvgIpc) is 3.99. The molecule has 396 valence electrons. The lowest BCUT2D eigenvalue weighted by atomic mass is 9.87. The molecule has 0 bridgehead atoms. The van der Waals surface area contributed by atoms with Crippen LogP contribution in [-0.2, 0) is 37.1 Å². The molecule has 0 spiro atoms. The third kappa shape index (κ3) is 11.9. The number of anilines is 1. The summed E-state index contributed by atoms with van der Waals surface area (Å²) in [4.78, 5) is 61.6. The highest BCUT2D eigenvalue weighted by molar-refractivity contribution is 6.12. The van der Waals surface area contributed by atoms with Gasteiger partial charge in [-0.2, -0.15) is 9.48 Å². The first-order valence-corrected chi connectivity index (χ1v) is 25.2. The minimum Gasteiger partial charge on any atom is -0.618 e. The number of fused-ring (bicyclic) bond motifs is 4. The van der Waals surface area contributed by atoms with E-state index in [9.17, 15) is 34.4 Å². The summed E-state index contributed by atoms with van der Waals surface area (Å²) in [6.45, 7) is 1.36. The van der Waals surface area contributed by atoms with Crippen LogP contribution in [0.5, 0.6) is 28.7 Å². The van der Waals surface area contributed by atoms with Gasteiger partial charge in [-0.15, -0.1) is 0 Å². The second-order valence-corrected chi connectivity index (χ2v) is 18.8. The molecule has 76 heavy (non-hydrogen) atoms. The normalized spacial score (nSPS) is 17.4. The summed E-state index contributed by atoms with van der Waals surface area (Å²) in [6, 6.07) is 15.2. The van der Waals surface area contributed by atoms with Crippen molar-refractivity contribution >= 4 is 58.8 Å². The molecule has 5 amide bonds.